The van der Waals surface area contributed by atoms with E-state index in [-0.39, 0.29) is 11.3 Å². The Hall–Kier alpha value is -1.94. The number of halogens is 2. The van der Waals surface area contributed by atoms with Gasteiger partial charge in [-0.25, -0.2) is 8.42 Å². The number of carbonyl (C=O) groups is 1. The van der Waals surface area contributed by atoms with Crippen molar-refractivity contribution in [3.8, 4) is 0 Å². The molecule has 1 amide bonds. The second-order valence-corrected chi connectivity index (χ2v) is 10.1. The van der Waals surface area contributed by atoms with Gasteiger partial charge in [0.1, 0.15) is 6.04 Å². The highest BCUT2D eigenvalue weighted by molar-refractivity contribution is 14.1. The number of aryl methyl sites for hydroxylation is 1. The van der Waals surface area contributed by atoms with Crippen LogP contribution in [0.25, 0.3) is 0 Å². The van der Waals surface area contributed by atoms with Crippen molar-refractivity contribution >= 4 is 55.8 Å². The first-order chi connectivity index (χ1) is 14.3. The Morgan fingerprint density at radius 1 is 1.00 bits per heavy atom. The van der Waals surface area contributed by atoms with Crippen LogP contribution in [0.5, 0.6) is 0 Å². The highest BCUT2D eigenvalue weighted by Gasteiger charge is 2.26. The number of hydrogen-bond donors (Lipinski definition) is 2. The van der Waals surface area contributed by atoms with Gasteiger partial charge in [-0.2, -0.15) is 4.72 Å². The molecule has 3 aromatic carbocycles. The molecule has 8 heteroatoms. The molecular formula is C22H20ClIN2O3S. The molecule has 0 aliphatic rings. The van der Waals surface area contributed by atoms with Gasteiger partial charge in [0, 0.05) is 3.57 Å². The van der Waals surface area contributed by atoms with E-state index in [1.807, 2.05) is 43.3 Å². The number of anilines is 1. The van der Waals surface area contributed by atoms with Crippen LogP contribution in [0.3, 0.4) is 0 Å². The zero-order chi connectivity index (χ0) is 21.7. The van der Waals surface area contributed by atoms with Gasteiger partial charge >= 0.3 is 0 Å². The monoisotopic (exact) mass is 554 g/mol. The second kappa shape index (κ2) is 9.91. The Balaban J connectivity index is 1.88. The minimum atomic E-state index is -3.90. The van der Waals surface area contributed by atoms with Crippen molar-refractivity contribution in [1.29, 1.82) is 0 Å². The summed E-state index contributed by atoms with van der Waals surface area (Å²) < 4.78 is 29.3. The van der Waals surface area contributed by atoms with Gasteiger partial charge in [0.05, 0.1) is 15.6 Å². The molecule has 0 unspecified atom stereocenters. The molecule has 0 aliphatic carbocycles. The van der Waals surface area contributed by atoms with E-state index in [1.165, 1.54) is 12.1 Å². The molecule has 3 rings (SSSR count). The van der Waals surface area contributed by atoms with Crippen molar-refractivity contribution in [1.82, 2.24) is 4.72 Å². The van der Waals surface area contributed by atoms with Crippen LogP contribution in [0, 0.1) is 10.5 Å². The fourth-order valence-electron chi connectivity index (χ4n) is 2.87. The van der Waals surface area contributed by atoms with E-state index in [4.69, 9.17) is 11.6 Å². The number of carbonyl (C=O) groups excluding carboxylic acids is 1. The smallest absolute Gasteiger partial charge is 0.242 e. The van der Waals surface area contributed by atoms with Crippen LogP contribution in [0.1, 0.15) is 11.1 Å². The second-order valence-electron chi connectivity index (χ2n) is 6.74. The zero-order valence-electron chi connectivity index (χ0n) is 16.1. The third-order valence-corrected chi connectivity index (χ3v) is 7.18. The molecule has 3 aromatic rings. The maximum Gasteiger partial charge on any atom is 0.242 e. The number of hydrogen-bond acceptors (Lipinski definition) is 3. The van der Waals surface area contributed by atoms with Gasteiger partial charge < -0.3 is 5.32 Å². The Bertz CT molecular complexity index is 1140. The number of nitrogens with one attached hydrogen (secondary N) is 2. The summed E-state index contributed by atoms with van der Waals surface area (Å²) in [6.07, 6.45) is 0.194. The molecule has 2 N–H and O–H groups in total. The van der Waals surface area contributed by atoms with Crippen molar-refractivity contribution in [3.63, 3.8) is 0 Å². The predicted molar refractivity (Wildman–Crippen MR) is 128 cm³/mol. The SMILES string of the molecule is Cc1cccc(NC(=O)[C@H](Cc2ccccc2)NS(=O)(=O)c2ccc(I)cc2)c1Cl. The van der Waals surface area contributed by atoms with Crippen LogP contribution in [0.2, 0.25) is 5.02 Å². The maximum absolute atomic E-state index is 13.0. The molecule has 0 saturated carbocycles. The first-order valence-corrected chi connectivity index (χ1v) is 12.1. The highest BCUT2D eigenvalue weighted by atomic mass is 127. The van der Waals surface area contributed by atoms with Gasteiger partial charge in [-0.15, -0.1) is 0 Å². The number of benzene rings is 3. The summed E-state index contributed by atoms with van der Waals surface area (Å²) in [5.74, 6) is -0.486. The van der Waals surface area contributed by atoms with E-state index in [9.17, 15) is 13.2 Å². The van der Waals surface area contributed by atoms with Crippen LogP contribution in [0.4, 0.5) is 5.69 Å². The topological polar surface area (TPSA) is 75.3 Å². The van der Waals surface area contributed by atoms with Crippen molar-refractivity contribution in [3.05, 3.63) is 92.5 Å². The minimum Gasteiger partial charge on any atom is -0.323 e. The van der Waals surface area contributed by atoms with Crippen molar-refractivity contribution < 1.29 is 13.2 Å². The van der Waals surface area contributed by atoms with Gasteiger partial charge in [-0.1, -0.05) is 54.1 Å². The fraction of sp³-hybridized carbons (Fsp3) is 0.136. The Morgan fingerprint density at radius 3 is 2.33 bits per heavy atom. The molecule has 0 aliphatic heterocycles. The Labute approximate surface area is 195 Å². The van der Waals surface area contributed by atoms with Crippen molar-refractivity contribution in [2.45, 2.75) is 24.3 Å². The average Bonchev–Trinajstić information content (AvgIpc) is 2.72. The van der Waals surface area contributed by atoms with Crippen LogP contribution in [-0.4, -0.2) is 20.4 Å². The Kier molecular flexibility index (Phi) is 7.51. The summed E-state index contributed by atoms with van der Waals surface area (Å²) >= 11 is 8.39. The highest BCUT2D eigenvalue weighted by Crippen LogP contribution is 2.25. The molecule has 0 aromatic heterocycles. The summed E-state index contributed by atoms with van der Waals surface area (Å²) in [5, 5.41) is 3.18. The third kappa shape index (κ3) is 5.81. The molecule has 0 heterocycles. The molecular weight excluding hydrogens is 535 g/mol. The van der Waals surface area contributed by atoms with E-state index in [0.29, 0.717) is 10.7 Å². The van der Waals surface area contributed by atoms with Gasteiger partial charge in [0.15, 0.2) is 0 Å². The van der Waals surface area contributed by atoms with Crippen molar-refractivity contribution in [2.75, 3.05) is 5.32 Å². The average molecular weight is 555 g/mol. The molecule has 0 bridgehead atoms. The summed E-state index contributed by atoms with van der Waals surface area (Å²) in [4.78, 5) is 13.1. The number of amides is 1. The largest absolute Gasteiger partial charge is 0.323 e. The summed E-state index contributed by atoms with van der Waals surface area (Å²) in [5.41, 5.74) is 2.08. The molecule has 0 fully saturated rings. The maximum atomic E-state index is 13.0. The molecule has 0 saturated heterocycles. The van der Waals surface area contributed by atoms with Crippen LogP contribution >= 0.6 is 34.2 Å². The van der Waals surface area contributed by atoms with E-state index in [1.54, 1.807) is 24.3 Å². The molecule has 1 atom stereocenters. The van der Waals surface area contributed by atoms with Gasteiger partial charge in [0.2, 0.25) is 15.9 Å². The lowest BCUT2D eigenvalue weighted by atomic mass is 10.1. The standard InChI is InChI=1S/C22H20ClIN2O3S/c1-15-6-5-9-19(21(15)23)25-22(27)20(14-16-7-3-2-4-8-16)26-30(28,29)18-12-10-17(24)11-13-18/h2-13,20,26H,14H2,1H3,(H,25,27)/t20-/m0/s1. The zero-order valence-corrected chi connectivity index (χ0v) is 19.8. The van der Waals surface area contributed by atoms with E-state index in [2.05, 4.69) is 32.6 Å². The van der Waals surface area contributed by atoms with Crippen LogP contribution < -0.4 is 10.0 Å². The van der Waals surface area contributed by atoms with Gasteiger partial charge in [-0.05, 0) is 77.4 Å². The van der Waals surface area contributed by atoms with Gasteiger partial charge in [-0.3, -0.25) is 4.79 Å². The van der Waals surface area contributed by atoms with Crippen LogP contribution in [-0.2, 0) is 21.2 Å². The number of rotatable bonds is 7. The first kappa shape index (κ1) is 22.7. The molecule has 156 valence electrons. The minimum absolute atomic E-state index is 0.0994. The van der Waals surface area contributed by atoms with Crippen LogP contribution in [0.15, 0.2) is 77.7 Å². The lowest BCUT2D eigenvalue weighted by molar-refractivity contribution is -0.117. The lowest BCUT2D eigenvalue weighted by Crippen LogP contribution is -2.45. The molecule has 5 nitrogen and oxygen atoms in total. The summed E-state index contributed by atoms with van der Waals surface area (Å²) in [7, 11) is -3.90. The first-order valence-electron chi connectivity index (χ1n) is 9.14. The normalized spacial score (nSPS) is 12.4. The molecule has 0 spiro atoms. The Morgan fingerprint density at radius 2 is 1.67 bits per heavy atom. The summed E-state index contributed by atoms with van der Waals surface area (Å²) in [6.45, 7) is 1.83. The van der Waals surface area contributed by atoms with E-state index >= 15 is 0 Å². The molecule has 30 heavy (non-hydrogen) atoms. The fourth-order valence-corrected chi connectivity index (χ4v) is 4.60. The van der Waals surface area contributed by atoms with E-state index in [0.717, 1.165) is 14.7 Å². The lowest BCUT2D eigenvalue weighted by Gasteiger charge is -2.19. The van der Waals surface area contributed by atoms with E-state index < -0.39 is 22.0 Å². The van der Waals surface area contributed by atoms with Gasteiger partial charge in [0.25, 0.3) is 0 Å². The predicted octanol–water partition coefficient (Wildman–Crippen LogP) is 4.78. The van der Waals surface area contributed by atoms with Crippen molar-refractivity contribution in [2.24, 2.45) is 0 Å². The number of sulfonamides is 1. The quantitative estimate of drug-likeness (QED) is 0.413. The molecule has 0 radical (unpaired) electrons. The third-order valence-electron chi connectivity index (χ3n) is 4.47. The summed E-state index contributed by atoms with van der Waals surface area (Å²) in [6, 6.07) is 19.9.